The molecule has 2 rings (SSSR count). The molecule has 0 aliphatic carbocycles. The molecule has 1 heterocycles. The molecule has 1 aromatic carbocycles. The molecule has 1 aliphatic rings. The van der Waals surface area contributed by atoms with Crippen LogP contribution in [0.2, 0.25) is 5.02 Å². The van der Waals surface area contributed by atoms with Crippen molar-refractivity contribution < 1.29 is 14.6 Å². The van der Waals surface area contributed by atoms with Crippen LogP contribution in [-0.2, 0) is 11.3 Å². The number of aliphatic hydroxyl groups excluding tert-OH is 1. The van der Waals surface area contributed by atoms with Gasteiger partial charge in [-0.05, 0) is 18.1 Å². The average molecular weight is 256 g/mol. The predicted octanol–water partition coefficient (Wildman–Crippen LogP) is 2.04. The highest BCUT2D eigenvalue weighted by atomic mass is 35.5. The van der Waals surface area contributed by atoms with Crippen LogP contribution in [0, 0.1) is 0 Å². The number of amides is 1. The van der Waals surface area contributed by atoms with Crippen LogP contribution in [-0.4, -0.2) is 35.4 Å². The van der Waals surface area contributed by atoms with E-state index in [-0.39, 0.29) is 18.7 Å². The molecule has 4 nitrogen and oxygen atoms in total. The Morgan fingerprint density at radius 1 is 1.47 bits per heavy atom. The lowest BCUT2D eigenvalue weighted by Gasteiger charge is -2.21. The zero-order chi connectivity index (χ0) is 12.3. The molecule has 1 saturated heterocycles. The third-order valence-corrected chi connectivity index (χ3v) is 3.20. The highest BCUT2D eigenvalue weighted by molar-refractivity contribution is 6.31. The van der Waals surface area contributed by atoms with Gasteiger partial charge in [0.2, 0.25) is 0 Å². The van der Waals surface area contributed by atoms with E-state index in [9.17, 15) is 4.79 Å². The Kier molecular flexibility index (Phi) is 3.86. The number of benzene rings is 1. The lowest BCUT2D eigenvalue weighted by atomic mass is 10.1. The van der Waals surface area contributed by atoms with Gasteiger partial charge in [0, 0.05) is 11.6 Å². The summed E-state index contributed by atoms with van der Waals surface area (Å²) in [5.41, 5.74) is 0.885. The van der Waals surface area contributed by atoms with Crippen molar-refractivity contribution in [2.45, 2.75) is 19.0 Å². The van der Waals surface area contributed by atoms with Gasteiger partial charge in [0.25, 0.3) is 0 Å². The van der Waals surface area contributed by atoms with Gasteiger partial charge in [0.05, 0.1) is 12.6 Å². The molecule has 0 bridgehead atoms. The lowest BCUT2D eigenvalue weighted by Crippen LogP contribution is -2.33. The molecule has 0 aromatic heterocycles. The van der Waals surface area contributed by atoms with Gasteiger partial charge < -0.3 is 9.84 Å². The van der Waals surface area contributed by atoms with E-state index in [0.717, 1.165) is 5.56 Å². The van der Waals surface area contributed by atoms with Crippen LogP contribution in [0.1, 0.15) is 12.0 Å². The van der Waals surface area contributed by atoms with E-state index in [4.69, 9.17) is 21.4 Å². The number of nitrogens with zero attached hydrogens (tertiary/aromatic N) is 1. The second-order valence-electron chi connectivity index (χ2n) is 3.96. The number of rotatable bonds is 4. The fourth-order valence-corrected chi connectivity index (χ4v) is 2.08. The maximum absolute atomic E-state index is 11.6. The summed E-state index contributed by atoms with van der Waals surface area (Å²) in [5, 5.41) is 9.57. The first-order chi connectivity index (χ1) is 8.22. The molecule has 1 fully saturated rings. The highest BCUT2D eigenvalue weighted by Gasteiger charge is 2.32. The summed E-state index contributed by atoms with van der Waals surface area (Å²) in [6, 6.07) is 7.33. The summed E-state index contributed by atoms with van der Waals surface area (Å²) >= 11 is 6.05. The minimum absolute atomic E-state index is 0.0420. The standard InChI is InChI=1S/C12H14ClNO3/c13-11-4-2-1-3-9(11)7-14-10(5-6-15)8-17-12(14)16/h1-4,10,15H,5-8H2. The van der Waals surface area contributed by atoms with Crippen molar-refractivity contribution in [2.75, 3.05) is 13.2 Å². The van der Waals surface area contributed by atoms with Gasteiger partial charge in [0.1, 0.15) is 6.61 Å². The molecule has 17 heavy (non-hydrogen) atoms. The van der Waals surface area contributed by atoms with Crippen molar-refractivity contribution in [1.82, 2.24) is 4.90 Å². The Labute approximate surface area is 105 Å². The van der Waals surface area contributed by atoms with Crippen molar-refractivity contribution in [3.63, 3.8) is 0 Å². The first-order valence-corrected chi connectivity index (χ1v) is 5.88. The van der Waals surface area contributed by atoms with Gasteiger partial charge in [-0.15, -0.1) is 0 Å². The van der Waals surface area contributed by atoms with Crippen LogP contribution in [0.4, 0.5) is 4.79 Å². The predicted molar refractivity (Wildman–Crippen MR) is 63.8 cm³/mol. The van der Waals surface area contributed by atoms with Crippen LogP contribution in [0.15, 0.2) is 24.3 Å². The van der Waals surface area contributed by atoms with Crippen LogP contribution < -0.4 is 0 Å². The molecule has 1 aromatic rings. The van der Waals surface area contributed by atoms with Gasteiger partial charge in [-0.25, -0.2) is 4.79 Å². The molecule has 92 valence electrons. The van der Waals surface area contributed by atoms with E-state index in [1.807, 2.05) is 18.2 Å². The minimum atomic E-state index is -0.344. The van der Waals surface area contributed by atoms with Gasteiger partial charge in [-0.2, -0.15) is 0 Å². The second kappa shape index (κ2) is 5.38. The van der Waals surface area contributed by atoms with Crippen LogP contribution in [0.25, 0.3) is 0 Å². The number of hydrogen-bond acceptors (Lipinski definition) is 3. The van der Waals surface area contributed by atoms with E-state index in [2.05, 4.69) is 0 Å². The molecular formula is C12H14ClNO3. The van der Waals surface area contributed by atoms with E-state index in [0.29, 0.717) is 24.6 Å². The van der Waals surface area contributed by atoms with E-state index in [1.165, 1.54) is 0 Å². The molecule has 0 saturated carbocycles. The molecule has 1 atom stereocenters. The summed E-state index contributed by atoms with van der Waals surface area (Å²) in [6.07, 6.45) is 0.180. The molecule has 0 radical (unpaired) electrons. The normalized spacial score (nSPS) is 19.5. The fourth-order valence-electron chi connectivity index (χ4n) is 1.88. The number of ether oxygens (including phenoxy) is 1. The Balaban J connectivity index is 2.11. The van der Waals surface area contributed by atoms with Gasteiger partial charge in [-0.3, -0.25) is 4.90 Å². The summed E-state index contributed by atoms with van der Waals surface area (Å²) in [5.74, 6) is 0. The Hall–Kier alpha value is -1.26. The van der Waals surface area contributed by atoms with Crippen LogP contribution >= 0.6 is 11.6 Å². The largest absolute Gasteiger partial charge is 0.447 e. The maximum Gasteiger partial charge on any atom is 0.410 e. The third kappa shape index (κ3) is 2.70. The molecular weight excluding hydrogens is 242 g/mol. The summed E-state index contributed by atoms with van der Waals surface area (Å²) < 4.78 is 4.98. The fraction of sp³-hybridized carbons (Fsp3) is 0.417. The SMILES string of the molecule is O=C1OCC(CCO)N1Cc1ccccc1Cl. The van der Waals surface area contributed by atoms with E-state index >= 15 is 0 Å². The third-order valence-electron chi connectivity index (χ3n) is 2.84. The number of hydrogen-bond donors (Lipinski definition) is 1. The monoisotopic (exact) mass is 255 g/mol. The molecule has 1 unspecified atom stereocenters. The van der Waals surface area contributed by atoms with Gasteiger partial charge in [-0.1, -0.05) is 29.8 Å². The van der Waals surface area contributed by atoms with Crippen molar-refractivity contribution in [3.05, 3.63) is 34.9 Å². The van der Waals surface area contributed by atoms with Crippen molar-refractivity contribution in [1.29, 1.82) is 0 Å². The number of cyclic esters (lactones) is 1. The number of carbonyl (C=O) groups is 1. The highest BCUT2D eigenvalue weighted by Crippen LogP contribution is 2.22. The lowest BCUT2D eigenvalue weighted by molar-refractivity contribution is 0.155. The number of carbonyl (C=O) groups excluding carboxylic acids is 1. The molecule has 5 heteroatoms. The van der Waals surface area contributed by atoms with Gasteiger partial charge >= 0.3 is 6.09 Å². The average Bonchev–Trinajstić information content (AvgIpc) is 2.65. The zero-order valence-corrected chi connectivity index (χ0v) is 10.1. The molecule has 0 spiro atoms. The minimum Gasteiger partial charge on any atom is -0.447 e. The molecule has 1 amide bonds. The quantitative estimate of drug-likeness (QED) is 0.896. The smallest absolute Gasteiger partial charge is 0.410 e. The number of halogens is 1. The van der Waals surface area contributed by atoms with Crippen LogP contribution in [0.3, 0.4) is 0 Å². The maximum atomic E-state index is 11.6. The summed E-state index contributed by atoms with van der Waals surface area (Å²) in [4.78, 5) is 13.2. The van der Waals surface area contributed by atoms with Crippen LogP contribution in [0.5, 0.6) is 0 Å². The topological polar surface area (TPSA) is 49.8 Å². The molecule has 1 aliphatic heterocycles. The Bertz CT molecular complexity index is 410. The first kappa shape index (κ1) is 12.2. The van der Waals surface area contributed by atoms with E-state index in [1.54, 1.807) is 11.0 Å². The zero-order valence-electron chi connectivity index (χ0n) is 9.30. The number of aliphatic hydroxyl groups is 1. The first-order valence-electron chi connectivity index (χ1n) is 5.50. The molecule has 1 N–H and O–H groups in total. The second-order valence-corrected chi connectivity index (χ2v) is 4.37. The summed E-state index contributed by atoms with van der Waals surface area (Å²) in [6.45, 7) is 0.799. The summed E-state index contributed by atoms with van der Waals surface area (Å²) in [7, 11) is 0. The Morgan fingerprint density at radius 2 is 2.24 bits per heavy atom. The van der Waals surface area contributed by atoms with Crippen molar-refractivity contribution in [3.8, 4) is 0 Å². The van der Waals surface area contributed by atoms with E-state index < -0.39 is 0 Å². The van der Waals surface area contributed by atoms with Gasteiger partial charge in [0.15, 0.2) is 0 Å². The van der Waals surface area contributed by atoms with Crippen molar-refractivity contribution >= 4 is 17.7 Å². The van der Waals surface area contributed by atoms with Crippen molar-refractivity contribution in [2.24, 2.45) is 0 Å². The Morgan fingerprint density at radius 3 is 2.94 bits per heavy atom.